The molecule has 29 heavy (non-hydrogen) atoms. The van der Waals surface area contributed by atoms with Crippen molar-refractivity contribution in [1.82, 2.24) is 14.5 Å². The van der Waals surface area contributed by atoms with Crippen molar-refractivity contribution in [3.05, 3.63) is 29.6 Å². The molecule has 2 heterocycles. The molecule has 0 unspecified atom stereocenters. The summed E-state index contributed by atoms with van der Waals surface area (Å²) in [4.78, 5) is 14.1. The molecule has 0 bridgehead atoms. The second-order valence-electron chi connectivity index (χ2n) is 7.82. The van der Waals surface area contributed by atoms with Crippen molar-refractivity contribution in [1.29, 1.82) is 0 Å². The highest BCUT2D eigenvalue weighted by Gasteiger charge is 2.31. The number of carbonyl (C=O) groups is 1. The third-order valence-electron chi connectivity index (χ3n) is 5.17. The maximum absolute atomic E-state index is 14.2. The molecule has 3 rings (SSSR count). The van der Waals surface area contributed by atoms with E-state index in [4.69, 9.17) is 4.74 Å². The van der Waals surface area contributed by atoms with E-state index in [2.05, 4.69) is 5.32 Å². The highest BCUT2D eigenvalue weighted by Crippen LogP contribution is 2.24. The molecule has 0 saturated carbocycles. The van der Waals surface area contributed by atoms with Gasteiger partial charge in [0.05, 0.1) is 18.8 Å². The first-order chi connectivity index (χ1) is 13.7. The van der Waals surface area contributed by atoms with Gasteiger partial charge in [-0.25, -0.2) is 12.8 Å². The first-order valence-electron chi connectivity index (χ1n) is 9.79. The van der Waals surface area contributed by atoms with Crippen LogP contribution in [-0.2, 0) is 14.8 Å². The van der Waals surface area contributed by atoms with Gasteiger partial charge in [0.25, 0.3) is 5.91 Å². The van der Waals surface area contributed by atoms with E-state index in [1.54, 1.807) is 6.92 Å². The van der Waals surface area contributed by atoms with Crippen LogP contribution in [0, 0.1) is 5.82 Å². The van der Waals surface area contributed by atoms with Gasteiger partial charge >= 0.3 is 0 Å². The summed E-state index contributed by atoms with van der Waals surface area (Å²) in [6.45, 7) is 5.30. The SMILES string of the molecule is C[C@](O)(CNC(=O)c1ccc(F)c(S(=O)(=O)N2CCCC2)c1)CN1CCOCC1. The number of morpholine rings is 1. The van der Waals surface area contributed by atoms with Crippen molar-refractivity contribution in [2.24, 2.45) is 0 Å². The molecule has 162 valence electrons. The number of ether oxygens (including phenoxy) is 1. The number of hydrogen-bond acceptors (Lipinski definition) is 6. The molecule has 1 aromatic rings. The molecule has 1 atom stereocenters. The minimum absolute atomic E-state index is 0.0191. The van der Waals surface area contributed by atoms with Gasteiger partial charge in [-0.3, -0.25) is 9.69 Å². The first kappa shape index (κ1) is 22.1. The van der Waals surface area contributed by atoms with E-state index in [1.165, 1.54) is 10.4 Å². The van der Waals surface area contributed by atoms with E-state index in [0.29, 0.717) is 45.9 Å². The van der Waals surface area contributed by atoms with E-state index in [0.717, 1.165) is 25.0 Å². The minimum atomic E-state index is -3.98. The second kappa shape index (κ2) is 9.05. The Balaban J connectivity index is 1.66. The number of carbonyl (C=O) groups excluding carboxylic acids is 1. The Morgan fingerprint density at radius 3 is 2.55 bits per heavy atom. The summed E-state index contributed by atoms with van der Waals surface area (Å²) in [5.74, 6) is -1.45. The first-order valence-corrected chi connectivity index (χ1v) is 11.2. The molecule has 0 spiro atoms. The fourth-order valence-electron chi connectivity index (χ4n) is 3.58. The Kier molecular flexibility index (Phi) is 6.90. The van der Waals surface area contributed by atoms with Crippen LogP contribution < -0.4 is 5.32 Å². The van der Waals surface area contributed by atoms with Gasteiger partial charge in [0.1, 0.15) is 10.7 Å². The molecule has 0 radical (unpaired) electrons. The predicted octanol–water partition coefficient (Wildman–Crippen LogP) is 0.423. The molecule has 2 saturated heterocycles. The van der Waals surface area contributed by atoms with E-state index in [1.807, 2.05) is 4.90 Å². The minimum Gasteiger partial charge on any atom is -0.387 e. The summed E-state index contributed by atoms with van der Waals surface area (Å²) in [7, 11) is -3.98. The zero-order valence-electron chi connectivity index (χ0n) is 16.6. The third kappa shape index (κ3) is 5.52. The number of benzene rings is 1. The van der Waals surface area contributed by atoms with Crippen LogP contribution in [0.2, 0.25) is 0 Å². The summed E-state index contributed by atoms with van der Waals surface area (Å²) >= 11 is 0. The maximum Gasteiger partial charge on any atom is 0.251 e. The number of rotatable bonds is 7. The Labute approximate surface area is 170 Å². The van der Waals surface area contributed by atoms with Crippen LogP contribution in [0.15, 0.2) is 23.1 Å². The average molecular weight is 430 g/mol. The average Bonchev–Trinajstić information content (AvgIpc) is 3.22. The number of amides is 1. The summed E-state index contributed by atoms with van der Waals surface area (Å²) in [6.07, 6.45) is 1.47. The van der Waals surface area contributed by atoms with Gasteiger partial charge in [-0.05, 0) is 38.0 Å². The molecule has 2 fully saturated rings. The molecule has 8 nitrogen and oxygen atoms in total. The van der Waals surface area contributed by atoms with E-state index in [9.17, 15) is 22.7 Å². The van der Waals surface area contributed by atoms with Crippen LogP contribution in [0.3, 0.4) is 0 Å². The maximum atomic E-state index is 14.2. The molecule has 2 aliphatic heterocycles. The lowest BCUT2D eigenvalue weighted by atomic mass is 10.1. The van der Waals surface area contributed by atoms with Gasteiger partial charge in [0.15, 0.2) is 0 Å². The number of hydrogen-bond donors (Lipinski definition) is 2. The smallest absolute Gasteiger partial charge is 0.251 e. The standard InChI is InChI=1S/C19H28FN3O5S/c1-19(25,14-22-8-10-28-11-9-22)13-21-18(24)15-4-5-16(20)17(12-15)29(26,27)23-6-2-3-7-23/h4-5,12,25H,2-3,6-11,13-14H2,1H3,(H,21,24)/t19-/m0/s1. The van der Waals surface area contributed by atoms with E-state index in [-0.39, 0.29) is 12.1 Å². The van der Waals surface area contributed by atoms with Crippen LogP contribution >= 0.6 is 0 Å². The Morgan fingerprint density at radius 1 is 1.24 bits per heavy atom. The summed E-state index contributed by atoms with van der Waals surface area (Å²) in [5, 5.41) is 13.2. The van der Waals surface area contributed by atoms with Gasteiger partial charge in [-0.2, -0.15) is 4.31 Å². The molecule has 0 aliphatic carbocycles. The number of nitrogens with zero attached hydrogens (tertiary/aromatic N) is 2. The monoisotopic (exact) mass is 429 g/mol. The highest BCUT2D eigenvalue weighted by molar-refractivity contribution is 7.89. The van der Waals surface area contributed by atoms with Gasteiger partial charge in [0, 0.05) is 44.8 Å². The van der Waals surface area contributed by atoms with Gasteiger partial charge in [-0.15, -0.1) is 0 Å². The number of sulfonamides is 1. The number of nitrogens with one attached hydrogen (secondary N) is 1. The highest BCUT2D eigenvalue weighted by atomic mass is 32.2. The number of β-amino-alcohol motifs (C(OH)–C–C–N with tert-alkyl or cyclic N) is 1. The summed E-state index contributed by atoms with van der Waals surface area (Å²) in [6, 6.07) is 3.29. The van der Waals surface area contributed by atoms with Crippen molar-refractivity contribution >= 4 is 15.9 Å². The Bertz CT molecular complexity index is 834. The molecule has 1 aromatic carbocycles. The van der Waals surface area contributed by atoms with Crippen LogP contribution in [0.25, 0.3) is 0 Å². The van der Waals surface area contributed by atoms with Gasteiger partial charge in [0.2, 0.25) is 10.0 Å². The molecule has 0 aromatic heterocycles. The van der Waals surface area contributed by atoms with Crippen LogP contribution in [0.4, 0.5) is 4.39 Å². The fraction of sp³-hybridized carbons (Fsp3) is 0.632. The largest absolute Gasteiger partial charge is 0.387 e. The molecular weight excluding hydrogens is 401 g/mol. The van der Waals surface area contributed by atoms with Crippen LogP contribution in [0.5, 0.6) is 0 Å². The number of aliphatic hydroxyl groups is 1. The van der Waals surface area contributed by atoms with Crippen molar-refractivity contribution < 1.29 is 27.4 Å². The molecular formula is C19H28FN3O5S. The van der Waals surface area contributed by atoms with Crippen molar-refractivity contribution in [3.63, 3.8) is 0 Å². The fourth-order valence-corrected chi connectivity index (χ4v) is 5.19. The Morgan fingerprint density at radius 2 is 1.90 bits per heavy atom. The zero-order valence-corrected chi connectivity index (χ0v) is 17.4. The number of halogens is 1. The zero-order chi connectivity index (χ0) is 21.1. The van der Waals surface area contributed by atoms with Gasteiger partial charge < -0.3 is 15.2 Å². The van der Waals surface area contributed by atoms with Crippen molar-refractivity contribution in [2.75, 3.05) is 52.5 Å². The lowest BCUT2D eigenvalue weighted by molar-refractivity contribution is -0.0213. The van der Waals surface area contributed by atoms with Crippen LogP contribution in [-0.4, -0.2) is 86.7 Å². The van der Waals surface area contributed by atoms with E-state index >= 15 is 0 Å². The topological polar surface area (TPSA) is 99.2 Å². The summed E-state index contributed by atoms with van der Waals surface area (Å²) in [5.41, 5.74) is -1.14. The molecule has 1 amide bonds. The lowest BCUT2D eigenvalue weighted by Gasteiger charge is -2.33. The molecule has 2 N–H and O–H groups in total. The third-order valence-corrected chi connectivity index (χ3v) is 7.09. The van der Waals surface area contributed by atoms with Gasteiger partial charge in [-0.1, -0.05) is 0 Å². The predicted molar refractivity (Wildman–Crippen MR) is 105 cm³/mol. The Hall–Kier alpha value is -1.59. The van der Waals surface area contributed by atoms with Crippen molar-refractivity contribution in [2.45, 2.75) is 30.3 Å². The summed E-state index contributed by atoms with van der Waals surface area (Å²) < 4.78 is 46.1. The quantitative estimate of drug-likeness (QED) is 0.652. The van der Waals surface area contributed by atoms with Crippen LogP contribution in [0.1, 0.15) is 30.1 Å². The molecule has 2 aliphatic rings. The van der Waals surface area contributed by atoms with E-state index < -0.39 is 32.2 Å². The normalized spacial score (nSPS) is 21.1. The lowest BCUT2D eigenvalue weighted by Crippen LogP contribution is -2.51. The molecule has 10 heteroatoms. The van der Waals surface area contributed by atoms with Crippen molar-refractivity contribution in [3.8, 4) is 0 Å². The second-order valence-corrected chi connectivity index (χ2v) is 9.73.